The molecule has 0 aromatic heterocycles. The van der Waals surface area contributed by atoms with Crippen LogP contribution in [0.5, 0.6) is 11.5 Å². The highest BCUT2D eigenvalue weighted by Gasteiger charge is 2.56. The molecule has 4 unspecified atom stereocenters. The van der Waals surface area contributed by atoms with Gasteiger partial charge in [0.05, 0.1) is 29.7 Å². The van der Waals surface area contributed by atoms with Crippen molar-refractivity contribution in [2.24, 2.45) is 11.8 Å². The van der Waals surface area contributed by atoms with Gasteiger partial charge in [0.1, 0.15) is 11.7 Å². The van der Waals surface area contributed by atoms with Crippen LogP contribution in [-0.2, 0) is 14.4 Å². The zero-order chi connectivity index (χ0) is 31.6. The SMILES string of the molecule is CCOc1c(Br)cc(C2C(C(=O)Nc3cccc(C)c3C)C(=O)CC(C)(O)C2C(=O)Nc2cccc(C)c2C)cc1OC. The van der Waals surface area contributed by atoms with Crippen molar-refractivity contribution in [3.63, 3.8) is 0 Å². The standard InChI is InChI=1S/C34H39BrN2O6/c1-8-43-31-23(35)15-22(16-27(31)42-7)28-29(32(39)36-24-13-9-11-18(2)20(24)4)26(38)17-34(6,41)30(28)33(40)37-25-14-10-12-19(3)21(25)5/h9-16,28-30,41H,8,17H2,1-7H3,(H,36,39)(H,37,40). The monoisotopic (exact) mass is 650 g/mol. The number of hydrogen-bond donors (Lipinski definition) is 3. The van der Waals surface area contributed by atoms with Gasteiger partial charge in [-0.05, 0) is 110 Å². The molecular formula is C34H39BrN2O6. The van der Waals surface area contributed by atoms with Crippen molar-refractivity contribution in [1.82, 2.24) is 0 Å². The number of ether oxygens (including phenoxy) is 2. The lowest BCUT2D eigenvalue weighted by atomic mass is 9.61. The van der Waals surface area contributed by atoms with E-state index in [0.29, 0.717) is 39.5 Å². The summed E-state index contributed by atoms with van der Waals surface area (Å²) in [7, 11) is 1.49. The molecule has 0 saturated heterocycles. The number of carbonyl (C=O) groups excluding carboxylic acids is 3. The molecule has 8 nitrogen and oxygen atoms in total. The zero-order valence-corrected chi connectivity index (χ0v) is 27.2. The second-order valence-electron chi connectivity index (χ2n) is 11.4. The molecule has 3 aromatic carbocycles. The number of benzene rings is 3. The Hall–Kier alpha value is -3.69. The summed E-state index contributed by atoms with van der Waals surface area (Å²) in [6.07, 6.45) is -0.366. The summed E-state index contributed by atoms with van der Waals surface area (Å²) in [6.45, 7) is 11.4. The number of carbonyl (C=O) groups is 3. The molecule has 0 radical (unpaired) electrons. The van der Waals surface area contributed by atoms with Crippen LogP contribution in [0.2, 0.25) is 0 Å². The Bertz CT molecular complexity index is 1570. The van der Waals surface area contributed by atoms with E-state index < -0.39 is 41.0 Å². The summed E-state index contributed by atoms with van der Waals surface area (Å²) < 4.78 is 11.9. The summed E-state index contributed by atoms with van der Waals surface area (Å²) >= 11 is 3.55. The smallest absolute Gasteiger partial charge is 0.235 e. The maximum absolute atomic E-state index is 14.2. The normalized spacial score (nSPS) is 21.7. The van der Waals surface area contributed by atoms with E-state index in [2.05, 4.69) is 26.6 Å². The van der Waals surface area contributed by atoms with Crippen LogP contribution < -0.4 is 20.1 Å². The van der Waals surface area contributed by atoms with Gasteiger partial charge in [0.25, 0.3) is 0 Å². The maximum atomic E-state index is 14.2. The summed E-state index contributed by atoms with van der Waals surface area (Å²) in [5, 5.41) is 17.7. The molecule has 4 atom stereocenters. The van der Waals surface area contributed by atoms with Gasteiger partial charge in [-0.2, -0.15) is 0 Å². The lowest BCUT2D eigenvalue weighted by Crippen LogP contribution is -2.56. The van der Waals surface area contributed by atoms with E-state index >= 15 is 0 Å². The second-order valence-corrected chi connectivity index (χ2v) is 12.3. The summed E-state index contributed by atoms with van der Waals surface area (Å²) in [5.74, 6) is -4.16. The number of nitrogens with one attached hydrogen (secondary N) is 2. The third-order valence-corrected chi connectivity index (χ3v) is 9.07. The number of anilines is 2. The van der Waals surface area contributed by atoms with Crippen LogP contribution in [0, 0.1) is 39.5 Å². The van der Waals surface area contributed by atoms with Crippen LogP contribution in [0.15, 0.2) is 53.0 Å². The van der Waals surface area contributed by atoms with Crippen molar-refractivity contribution < 1.29 is 29.0 Å². The highest BCUT2D eigenvalue weighted by Crippen LogP contribution is 2.49. The lowest BCUT2D eigenvalue weighted by molar-refractivity contribution is -0.150. The Morgan fingerprint density at radius 2 is 1.53 bits per heavy atom. The first-order chi connectivity index (χ1) is 20.3. The van der Waals surface area contributed by atoms with Crippen molar-refractivity contribution in [2.45, 2.75) is 59.5 Å². The molecule has 2 amide bonds. The molecule has 228 valence electrons. The largest absolute Gasteiger partial charge is 0.493 e. The third kappa shape index (κ3) is 6.48. The Morgan fingerprint density at radius 1 is 0.977 bits per heavy atom. The molecule has 1 aliphatic carbocycles. The average Bonchev–Trinajstić information content (AvgIpc) is 2.93. The van der Waals surface area contributed by atoms with Gasteiger partial charge in [-0.25, -0.2) is 0 Å². The molecule has 3 N–H and O–H groups in total. The predicted molar refractivity (Wildman–Crippen MR) is 171 cm³/mol. The molecule has 1 fully saturated rings. The van der Waals surface area contributed by atoms with E-state index in [-0.39, 0.29) is 6.42 Å². The van der Waals surface area contributed by atoms with Crippen molar-refractivity contribution in [1.29, 1.82) is 0 Å². The average molecular weight is 652 g/mol. The number of Topliss-reactive ketones (excluding diaryl/α,β-unsaturated/α-hetero) is 1. The Morgan fingerprint density at radius 3 is 2.07 bits per heavy atom. The Labute approximate surface area is 261 Å². The molecule has 9 heteroatoms. The Balaban J connectivity index is 1.88. The van der Waals surface area contributed by atoms with Crippen LogP contribution in [-0.4, -0.2) is 42.0 Å². The highest BCUT2D eigenvalue weighted by molar-refractivity contribution is 9.10. The number of aliphatic hydroxyl groups is 1. The maximum Gasteiger partial charge on any atom is 0.235 e. The third-order valence-electron chi connectivity index (χ3n) is 8.48. The van der Waals surface area contributed by atoms with E-state index in [4.69, 9.17) is 9.47 Å². The van der Waals surface area contributed by atoms with Crippen LogP contribution in [0.3, 0.4) is 0 Å². The lowest BCUT2D eigenvalue weighted by Gasteiger charge is -2.44. The molecule has 3 aromatic rings. The summed E-state index contributed by atoms with van der Waals surface area (Å²) in [6, 6.07) is 14.5. The summed E-state index contributed by atoms with van der Waals surface area (Å²) in [4.78, 5) is 42.0. The minimum atomic E-state index is -1.75. The zero-order valence-electron chi connectivity index (χ0n) is 25.6. The number of ketones is 1. The number of amides is 2. The first-order valence-corrected chi connectivity index (χ1v) is 15.1. The van der Waals surface area contributed by atoms with Gasteiger partial charge in [-0.3, -0.25) is 14.4 Å². The minimum absolute atomic E-state index is 0.366. The number of rotatable bonds is 8. The number of methoxy groups -OCH3 is 1. The summed E-state index contributed by atoms with van der Waals surface area (Å²) in [5.41, 5.74) is 3.63. The van der Waals surface area contributed by atoms with Gasteiger partial charge < -0.3 is 25.2 Å². The first kappa shape index (κ1) is 32.2. The van der Waals surface area contributed by atoms with Gasteiger partial charge in [0, 0.05) is 23.7 Å². The number of hydrogen-bond acceptors (Lipinski definition) is 6. The second kappa shape index (κ2) is 12.9. The van der Waals surface area contributed by atoms with Gasteiger partial charge in [-0.1, -0.05) is 24.3 Å². The van der Waals surface area contributed by atoms with Crippen LogP contribution >= 0.6 is 15.9 Å². The molecular weight excluding hydrogens is 612 g/mol. The van der Waals surface area contributed by atoms with Crippen molar-refractivity contribution in [3.05, 3.63) is 80.8 Å². The van der Waals surface area contributed by atoms with Gasteiger partial charge >= 0.3 is 0 Å². The first-order valence-electron chi connectivity index (χ1n) is 14.3. The fourth-order valence-corrected chi connectivity index (χ4v) is 6.48. The highest BCUT2D eigenvalue weighted by atomic mass is 79.9. The quantitative estimate of drug-likeness (QED) is 0.243. The fourth-order valence-electron chi connectivity index (χ4n) is 5.90. The molecule has 0 heterocycles. The predicted octanol–water partition coefficient (Wildman–Crippen LogP) is 6.41. The fraction of sp³-hybridized carbons (Fsp3) is 0.382. The van der Waals surface area contributed by atoms with Crippen molar-refractivity contribution in [2.75, 3.05) is 24.4 Å². The van der Waals surface area contributed by atoms with Crippen LogP contribution in [0.1, 0.15) is 54.0 Å². The number of aryl methyl sites for hydroxylation is 2. The minimum Gasteiger partial charge on any atom is -0.493 e. The molecule has 0 bridgehead atoms. The molecule has 1 aliphatic rings. The van der Waals surface area contributed by atoms with Crippen LogP contribution in [0.25, 0.3) is 0 Å². The van der Waals surface area contributed by atoms with E-state index in [9.17, 15) is 19.5 Å². The Kier molecular flexibility index (Phi) is 9.66. The molecule has 1 saturated carbocycles. The molecule has 0 aliphatic heterocycles. The van der Waals surface area contributed by atoms with E-state index in [1.165, 1.54) is 14.0 Å². The number of halogens is 1. The van der Waals surface area contributed by atoms with E-state index in [1.807, 2.05) is 58.9 Å². The molecule has 43 heavy (non-hydrogen) atoms. The van der Waals surface area contributed by atoms with Crippen LogP contribution in [0.4, 0.5) is 11.4 Å². The van der Waals surface area contributed by atoms with Gasteiger partial charge in [0.15, 0.2) is 11.5 Å². The van der Waals surface area contributed by atoms with E-state index in [0.717, 1.165) is 22.3 Å². The van der Waals surface area contributed by atoms with Gasteiger partial charge in [0.2, 0.25) is 11.8 Å². The van der Waals surface area contributed by atoms with Crippen molar-refractivity contribution in [3.8, 4) is 11.5 Å². The van der Waals surface area contributed by atoms with Gasteiger partial charge in [-0.15, -0.1) is 0 Å². The molecule has 4 rings (SSSR count). The molecule has 0 spiro atoms. The topological polar surface area (TPSA) is 114 Å². The van der Waals surface area contributed by atoms with Crippen molar-refractivity contribution >= 4 is 44.9 Å². The van der Waals surface area contributed by atoms with E-state index in [1.54, 1.807) is 24.3 Å².